The van der Waals surface area contributed by atoms with Crippen LogP contribution in [0.1, 0.15) is 104 Å². The number of aliphatic hydroxyl groups is 3. The van der Waals surface area contributed by atoms with Gasteiger partial charge in [-0.25, -0.2) is 9.97 Å². The summed E-state index contributed by atoms with van der Waals surface area (Å²) in [5.41, 5.74) is 9.88. The molecule has 5 heterocycles. The molecule has 5 aromatic rings. The molecular weight excluding hydrogens is 1010 g/mol. The lowest BCUT2D eigenvalue weighted by Crippen LogP contribution is -2.58. The van der Waals surface area contributed by atoms with Crippen LogP contribution in [0.25, 0.3) is 20.9 Å². The summed E-state index contributed by atoms with van der Waals surface area (Å²) in [6.45, 7) is 11.8. The highest BCUT2D eigenvalue weighted by Gasteiger charge is 2.47. The molecule has 2 aromatic heterocycles. The summed E-state index contributed by atoms with van der Waals surface area (Å²) in [7, 11) is 0. The number of carbonyl (C=O) groups is 5. The van der Waals surface area contributed by atoms with Crippen LogP contribution < -0.4 is 16.0 Å². The lowest BCUT2D eigenvalue weighted by Gasteiger charge is -2.35. The fourth-order valence-electron chi connectivity index (χ4n) is 10.3. The SMILES string of the molecule is Cc1ncsc1-c1ccc(CNC(=O)[C@@H]2C[C@@H](O)CN2C(=O)[C@@H](NC(CCC(C)C)OCc2ncsc2-c2ccc(CNC(=O)[C@@H]3C[C@@H](O)CN3C(=O)[C@H](C(C)C)N3Cc4cccc(C#N)c4C3=O)cc2)[C@H](C)O)cc1. The van der Waals surface area contributed by atoms with E-state index < -0.39 is 78.2 Å². The minimum absolute atomic E-state index is 0.0438. The lowest BCUT2D eigenvalue weighted by atomic mass is 10.00. The van der Waals surface area contributed by atoms with Gasteiger partial charge in [-0.05, 0) is 72.4 Å². The topological polar surface area (TPSA) is 251 Å². The molecule has 8 atom stereocenters. The molecule has 3 aliphatic heterocycles. The van der Waals surface area contributed by atoms with E-state index in [4.69, 9.17) is 4.74 Å². The Morgan fingerprint density at radius 3 is 1.89 bits per heavy atom. The molecule has 402 valence electrons. The molecule has 3 aromatic carbocycles. The van der Waals surface area contributed by atoms with Crippen molar-refractivity contribution in [1.82, 2.24) is 40.6 Å². The van der Waals surface area contributed by atoms with Crippen LogP contribution in [0.4, 0.5) is 0 Å². The third-order valence-corrected chi connectivity index (χ3v) is 16.2. The fourth-order valence-corrected chi connectivity index (χ4v) is 11.9. The number of benzene rings is 3. The van der Waals surface area contributed by atoms with E-state index >= 15 is 0 Å². The molecule has 0 bridgehead atoms. The number of hydrogen-bond acceptors (Lipinski definition) is 15. The number of carbonyl (C=O) groups excluding carboxylic acids is 5. The van der Waals surface area contributed by atoms with Gasteiger partial charge in [0.2, 0.25) is 23.6 Å². The Kier molecular flexibility index (Phi) is 18.1. The summed E-state index contributed by atoms with van der Waals surface area (Å²) in [5.74, 6) is -2.22. The van der Waals surface area contributed by atoms with Crippen molar-refractivity contribution in [3.63, 3.8) is 0 Å². The van der Waals surface area contributed by atoms with Gasteiger partial charge in [0.15, 0.2) is 0 Å². The lowest BCUT2D eigenvalue weighted by molar-refractivity contribution is -0.144. The van der Waals surface area contributed by atoms with Gasteiger partial charge in [-0.1, -0.05) is 88.4 Å². The largest absolute Gasteiger partial charge is 0.391 e. The van der Waals surface area contributed by atoms with Gasteiger partial charge in [0.05, 0.1) is 74.3 Å². The molecule has 0 aliphatic carbocycles. The van der Waals surface area contributed by atoms with Gasteiger partial charge in [-0.2, -0.15) is 5.26 Å². The first kappa shape index (κ1) is 55.8. The summed E-state index contributed by atoms with van der Waals surface area (Å²) in [4.78, 5) is 84.7. The number of ether oxygens (including phenoxy) is 1. The van der Waals surface area contributed by atoms with Crippen LogP contribution in [0.5, 0.6) is 0 Å². The van der Waals surface area contributed by atoms with E-state index in [1.165, 1.54) is 33.0 Å². The zero-order valence-corrected chi connectivity index (χ0v) is 45.3. The van der Waals surface area contributed by atoms with Gasteiger partial charge in [0.25, 0.3) is 5.91 Å². The van der Waals surface area contributed by atoms with E-state index in [0.29, 0.717) is 23.6 Å². The van der Waals surface area contributed by atoms with E-state index in [1.54, 1.807) is 40.6 Å². The average molecular weight is 1070 g/mol. The Morgan fingerprint density at radius 1 is 0.789 bits per heavy atom. The predicted molar refractivity (Wildman–Crippen MR) is 287 cm³/mol. The molecule has 6 N–H and O–H groups in total. The number of hydrogen-bond donors (Lipinski definition) is 6. The van der Waals surface area contributed by atoms with Crippen molar-refractivity contribution < 1.29 is 44.0 Å². The summed E-state index contributed by atoms with van der Waals surface area (Å²) >= 11 is 2.99. The minimum Gasteiger partial charge on any atom is -0.391 e. The Hall–Kier alpha value is -6.44. The molecule has 76 heavy (non-hydrogen) atoms. The smallest absolute Gasteiger partial charge is 0.256 e. The summed E-state index contributed by atoms with van der Waals surface area (Å²) < 4.78 is 6.47. The van der Waals surface area contributed by atoms with Gasteiger partial charge in [0, 0.05) is 45.6 Å². The van der Waals surface area contributed by atoms with E-state index in [-0.39, 0.29) is 69.2 Å². The summed E-state index contributed by atoms with van der Waals surface area (Å²) in [6, 6.07) is 18.6. The quantitative estimate of drug-likeness (QED) is 0.0514. The van der Waals surface area contributed by atoms with Gasteiger partial charge >= 0.3 is 0 Å². The van der Waals surface area contributed by atoms with Crippen molar-refractivity contribution in [3.05, 3.63) is 117 Å². The second kappa shape index (κ2) is 24.7. The van der Waals surface area contributed by atoms with E-state index in [0.717, 1.165) is 44.1 Å². The number of fused-ring (bicyclic) bond motifs is 1. The maximum atomic E-state index is 14.3. The first-order valence-electron chi connectivity index (χ1n) is 25.8. The number of rotatable bonds is 21. The highest BCUT2D eigenvalue weighted by atomic mass is 32.1. The van der Waals surface area contributed by atoms with Crippen molar-refractivity contribution in [2.45, 2.75) is 142 Å². The van der Waals surface area contributed by atoms with Gasteiger partial charge < -0.3 is 45.4 Å². The Morgan fingerprint density at radius 2 is 1.36 bits per heavy atom. The molecular formula is C56H67N9O9S2. The van der Waals surface area contributed by atoms with Gasteiger partial charge in [-0.3, -0.25) is 29.3 Å². The van der Waals surface area contributed by atoms with Crippen LogP contribution in [0.3, 0.4) is 0 Å². The van der Waals surface area contributed by atoms with Crippen molar-refractivity contribution in [1.29, 1.82) is 5.26 Å². The maximum absolute atomic E-state index is 14.3. The van der Waals surface area contributed by atoms with Crippen LogP contribution in [-0.2, 0) is 50.2 Å². The molecule has 2 fully saturated rings. The number of nitrogens with one attached hydrogen (secondary N) is 3. The monoisotopic (exact) mass is 1070 g/mol. The van der Waals surface area contributed by atoms with Gasteiger partial charge in [0.1, 0.15) is 30.4 Å². The predicted octanol–water partition coefficient (Wildman–Crippen LogP) is 5.27. The minimum atomic E-state index is -1.17. The highest BCUT2D eigenvalue weighted by Crippen LogP contribution is 2.33. The number of nitriles is 1. The maximum Gasteiger partial charge on any atom is 0.256 e. The number of likely N-dealkylation sites (tertiary alicyclic amines) is 2. The number of amides is 5. The fraction of sp³-hybridized carbons (Fsp3) is 0.464. The number of nitrogens with zero attached hydrogens (tertiary/aromatic N) is 6. The average Bonchev–Trinajstić information content (AvgIpc) is 4.27. The summed E-state index contributed by atoms with van der Waals surface area (Å²) in [6.07, 6.45) is -2.37. The van der Waals surface area contributed by atoms with Crippen molar-refractivity contribution in [3.8, 4) is 27.0 Å². The number of aliphatic hydroxyl groups excluding tert-OH is 3. The molecule has 0 spiro atoms. The van der Waals surface area contributed by atoms with Crippen LogP contribution >= 0.6 is 22.7 Å². The van der Waals surface area contributed by atoms with Crippen LogP contribution in [0.2, 0.25) is 0 Å². The van der Waals surface area contributed by atoms with Crippen LogP contribution in [0.15, 0.2) is 77.8 Å². The first-order chi connectivity index (χ1) is 36.4. The zero-order chi connectivity index (χ0) is 54.4. The van der Waals surface area contributed by atoms with E-state index in [1.807, 2.05) is 69.3 Å². The third-order valence-electron chi connectivity index (χ3n) is 14.3. The summed E-state index contributed by atoms with van der Waals surface area (Å²) in [5, 5.41) is 51.3. The third kappa shape index (κ3) is 12.7. The Labute approximate surface area is 451 Å². The molecule has 0 saturated carbocycles. The molecule has 2 saturated heterocycles. The molecule has 5 amide bonds. The Balaban J connectivity index is 0.869. The molecule has 1 unspecified atom stereocenters. The second-order valence-corrected chi connectivity index (χ2v) is 22.5. The number of aryl methyl sites for hydroxylation is 1. The van der Waals surface area contributed by atoms with E-state index in [9.17, 15) is 44.6 Å². The van der Waals surface area contributed by atoms with Crippen molar-refractivity contribution in [2.75, 3.05) is 13.1 Å². The van der Waals surface area contributed by atoms with Crippen molar-refractivity contribution in [2.24, 2.45) is 11.8 Å². The van der Waals surface area contributed by atoms with E-state index in [2.05, 4.69) is 45.8 Å². The number of β-amino-alcohol motifs (C(OH)–C–C–N with tert-alkyl or cyclic N) is 2. The van der Waals surface area contributed by atoms with Crippen molar-refractivity contribution >= 4 is 52.2 Å². The van der Waals surface area contributed by atoms with Crippen LogP contribution in [-0.4, -0.2) is 131 Å². The Bertz CT molecular complexity index is 2920. The highest BCUT2D eigenvalue weighted by molar-refractivity contribution is 7.13. The molecule has 20 heteroatoms. The first-order valence-corrected chi connectivity index (χ1v) is 27.6. The number of thiazole rings is 2. The molecule has 3 aliphatic rings. The van der Waals surface area contributed by atoms with Gasteiger partial charge in [-0.15, -0.1) is 22.7 Å². The standard InChI is InChI=1S/C56H67N9O9S2/c1-31(2)10-19-46(62-48(34(6)66)55(72)63-26-41(67)20-44(63)52(69)58-23-35-11-15-37(16-12-35)50-33(5)60-29-75-50)74-28-43-51(76-30-61-43)38-17-13-36(14-18-38)24-59-53(70)45-21-42(68)27-64(45)56(73)49(32(3)4)65-25-40-9-7-8-39(22-57)47(40)54(65)71/h7-9,11-18,29-32,34,41-42,44-46,48-49,62,66-68H,10,19-21,23-28H2,1-6H3,(H,58,69)(H,59,70)/t34-,41+,42+,44-,45-,46?,48-,49-/m0/s1. The normalized spacial score (nSPS) is 19.9. The molecule has 0 radical (unpaired) electrons. The molecule has 8 rings (SSSR count). The molecule has 18 nitrogen and oxygen atoms in total. The second-order valence-electron chi connectivity index (χ2n) is 20.7. The number of aromatic nitrogens is 2. The van der Waals surface area contributed by atoms with Crippen LogP contribution in [0, 0.1) is 30.1 Å². The zero-order valence-electron chi connectivity index (χ0n) is 43.6.